The Morgan fingerprint density at radius 2 is 2.00 bits per heavy atom. The second-order valence-electron chi connectivity index (χ2n) is 3.31. The van der Waals surface area contributed by atoms with Crippen molar-refractivity contribution in [1.29, 1.82) is 0 Å². The average Bonchev–Trinajstić information content (AvgIpc) is 2.35. The van der Waals surface area contributed by atoms with E-state index in [2.05, 4.69) is 6.58 Å². The maximum absolute atomic E-state index is 11.9. The van der Waals surface area contributed by atoms with Gasteiger partial charge in [0.05, 0.1) is 11.9 Å². The molecule has 16 heavy (non-hydrogen) atoms. The van der Waals surface area contributed by atoms with Crippen molar-refractivity contribution in [1.82, 2.24) is 0 Å². The minimum absolute atomic E-state index is 0.0599. The molecule has 0 radical (unpaired) electrons. The molecule has 1 atom stereocenters. The van der Waals surface area contributed by atoms with E-state index in [0.29, 0.717) is 11.9 Å². The van der Waals surface area contributed by atoms with Crippen LogP contribution in [0.3, 0.4) is 0 Å². The van der Waals surface area contributed by atoms with E-state index in [4.69, 9.17) is 4.74 Å². The smallest absolute Gasteiger partial charge is 0.341 e. The van der Waals surface area contributed by atoms with Crippen molar-refractivity contribution in [2.24, 2.45) is 0 Å². The summed E-state index contributed by atoms with van der Waals surface area (Å²) in [6.07, 6.45) is 0.741. The zero-order valence-corrected chi connectivity index (χ0v) is 10.2. The van der Waals surface area contributed by atoms with Gasteiger partial charge in [-0.1, -0.05) is 43.8 Å². The quantitative estimate of drug-likeness (QED) is 0.449. The summed E-state index contributed by atoms with van der Waals surface area (Å²) >= 11 is 0. The summed E-state index contributed by atoms with van der Waals surface area (Å²) in [5.74, 6) is -0.561. The van der Waals surface area contributed by atoms with Gasteiger partial charge in [0.2, 0.25) is 0 Å². The molecule has 1 aromatic rings. The van der Waals surface area contributed by atoms with Crippen molar-refractivity contribution < 1.29 is 14.1 Å². The van der Waals surface area contributed by atoms with Gasteiger partial charge in [0.15, 0.2) is 0 Å². The van der Waals surface area contributed by atoms with Crippen LogP contribution in [0.25, 0.3) is 0 Å². The van der Waals surface area contributed by atoms with Gasteiger partial charge in [0, 0.05) is 5.30 Å². The average molecular weight is 238 g/mol. The highest BCUT2D eigenvalue weighted by Gasteiger charge is 2.16. The van der Waals surface area contributed by atoms with Crippen LogP contribution in [0.4, 0.5) is 0 Å². The van der Waals surface area contributed by atoms with E-state index in [1.807, 2.05) is 13.0 Å². The van der Waals surface area contributed by atoms with E-state index in [1.54, 1.807) is 24.3 Å². The van der Waals surface area contributed by atoms with E-state index in [1.165, 1.54) is 0 Å². The molecule has 0 aromatic heterocycles. The predicted octanol–water partition coefficient (Wildman–Crippen LogP) is 2.34. The highest BCUT2D eigenvalue weighted by molar-refractivity contribution is 7.59. The fourth-order valence-corrected chi connectivity index (χ4v) is 2.24. The molecule has 0 fully saturated rings. The topological polar surface area (TPSA) is 43.4 Å². The monoisotopic (exact) mass is 238 g/mol. The Morgan fingerprint density at radius 3 is 2.56 bits per heavy atom. The van der Waals surface area contributed by atoms with Crippen LogP contribution >= 0.6 is 7.80 Å². The number of ether oxygens (including phenoxy) is 1. The Kier molecular flexibility index (Phi) is 5.00. The van der Waals surface area contributed by atoms with Crippen LogP contribution in [-0.4, -0.2) is 12.6 Å². The fourth-order valence-electron chi connectivity index (χ4n) is 1.14. The Morgan fingerprint density at radius 1 is 1.38 bits per heavy atom. The minimum atomic E-state index is -2.29. The van der Waals surface area contributed by atoms with Crippen LogP contribution in [0, 0.1) is 0 Å². The molecule has 0 aliphatic rings. The number of benzene rings is 1. The van der Waals surface area contributed by atoms with Crippen molar-refractivity contribution in [3.8, 4) is 0 Å². The SMILES string of the molecule is C=C(C(=O)OCCC)[PH](=O)c1ccccc1. The molecule has 86 valence electrons. The lowest BCUT2D eigenvalue weighted by Gasteiger charge is -2.06. The Balaban J connectivity index is 2.68. The molecule has 1 unspecified atom stereocenters. The lowest BCUT2D eigenvalue weighted by molar-refractivity contribution is -0.138. The first-order chi connectivity index (χ1) is 7.66. The summed E-state index contributed by atoms with van der Waals surface area (Å²) in [5, 5.41) is 0.690. The molecule has 0 saturated heterocycles. The van der Waals surface area contributed by atoms with Crippen molar-refractivity contribution in [3.63, 3.8) is 0 Å². The maximum atomic E-state index is 11.9. The van der Waals surface area contributed by atoms with Crippen molar-refractivity contribution in [2.45, 2.75) is 13.3 Å². The van der Waals surface area contributed by atoms with Gasteiger partial charge < -0.3 is 9.30 Å². The molecule has 0 aliphatic heterocycles. The molecular weight excluding hydrogens is 223 g/mol. The molecule has 0 saturated carbocycles. The molecule has 4 heteroatoms. The maximum Gasteiger partial charge on any atom is 0.341 e. The first-order valence-corrected chi connectivity index (χ1v) is 6.53. The summed E-state index contributed by atoms with van der Waals surface area (Å²) in [7, 11) is -2.29. The van der Waals surface area contributed by atoms with Gasteiger partial charge in [0.25, 0.3) is 0 Å². The fraction of sp³-hybridized carbons (Fsp3) is 0.250. The summed E-state index contributed by atoms with van der Waals surface area (Å²) in [6, 6.07) is 8.83. The zero-order chi connectivity index (χ0) is 12.0. The predicted molar refractivity (Wildman–Crippen MR) is 65.5 cm³/mol. The number of rotatable bonds is 5. The molecule has 3 nitrogen and oxygen atoms in total. The molecule has 0 spiro atoms. The summed E-state index contributed by atoms with van der Waals surface area (Å²) in [6.45, 7) is 5.78. The van der Waals surface area contributed by atoms with Crippen LogP contribution in [0.15, 0.2) is 42.2 Å². The van der Waals surface area contributed by atoms with Gasteiger partial charge in [-0.3, -0.25) is 0 Å². The summed E-state index contributed by atoms with van der Waals surface area (Å²) < 4.78 is 16.8. The van der Waals surface area contributed by atoms with Crippen molar-refractivity contribution >= 4 is 19.1 Å². The van der Waals surface area contributed by atoms with E-state index in [0.717, 1.165) is 6.42 Å². The van der Waals surface area contributed by atoms with E-state index >= 15 is 0 Å². The first-order valence-electron chi connectivity index (χ1n) is 5.12. The Bertz CT molecular complexity index is 398. The molecule has 0 N–H and O–H groups in total. The first kappa shape index (κ1) is 12.7. The number of carbonyl (C=O) groups is 1. The molecule has 0 bridgehead atoms. The summed E-state index contributed by atoms with van der Waals surface area (Å²) in [5.41, 5.74) is 0. The lowest BCUT2D eigenvalue weighted by Crippen LogP contribution is -2.08. The number of esters is 1. The van der Waals surface area contributed by atoms with Crippen LogP contribution in [0.5, 0.6) is 0 Å². The van der Waals surface area contributed by atoms with Gasteiger partial charge in [0.1, 0.15) is 7.80 Å². The van der Waals surface area contributed by atoms with Crippen LogP contribution in [0.2, 0.25) is 0 Å². The van der Waals surface area contributed by atoms with Crippen LogP contribution < -0.4 is 5.30 Å². The van der Waals surface area contributed by atoms with Gasteiger partial charge in [-0.05, 0) is 6.42 Å². The van der Waals surface area contributed by atoms with Gasteiger partial charge >= 0.3 is 5.97 Å². The summed E-state index contributed by atoms with van der Waals surface area (Å²) in [4.78, 5) is 11.4. The number of hydrogen-bond acceptors (Lipinski definition) is 3. The normalized spacial score (nSPS) is 11.8. The number of carbonyl (C=O) groups excluding carboxylic acids is 1. The second kappa shape index (κ2) is 6.29. The van der Waals surface area contributed by atoms with Crippen molar-refractivity contribution in [2.75, 3.05) is 6.61 Å². The third-order valence-corrected chi connectivity index (χ3v) is 3.60. The molecule has 0 heterocycles. The van der Waals surface area contributed by atoms with E-state index < -0.39 is 13.8 Å². The minimum Gasteiger partial charge on any atom is -0.462 e. The third kappa shape index (κ3) is 3.35. The second-order valence-corrected chi connectivity index (χ2v) is 5.15. The highest BCUT2D eigenvalue weighted by atomic mass is 31.1. The molecule has 0 aliphatic carbocycles. The van der Waals surface area contributed by atoms with Crippen LogP contribution in [-0.2, 0) is 14.1 Å². The highest BCUT2D eigenvalue weighted by Crippen LogP contribution is 2.30. The molecular formula is C12H15O3P. The van der Waals surface area contributed by atoms with E-state index in [9.17, 15) is 9.36 Å². The van der Waals surface area contributed by atoms with Gasteiger partial charge in [-0.2, -0.15) is 0 Å². The number of hydrogen-bond donors (Lipinski definition) is 0. The lowest BCUT2D eigenvalue weighted by atomic mass is 10.4. The van der Waals surface area contributed by atoms with E-state index in [-0.39, 0.29) is 5.31 Å². The van der Waals surface area contributed by atoms with Gasteiger partial charge in [-0.25, -0.2) is 4.79 Å². The third-order valence-electron chi connectivity index (χ3n) is 1.99. The molecule has 1 aromatic carbocycles. The van der Waals surface area contributed by atoms with Crippen molar-refractivity contribution in [3.05, 3.63) is 42.2 Å². The van der Waals surface area contributed by atoms with Crippen LogP contribution in [0.1, 0.15) is 13.3 Å². The molecule has 0 amide bonds. The molecule has 1 rings (SSSR count). The van der Waals surface area contributed by atoms with Gasteiger partial charge in [-0.15, -0.1) is 0 Å². The Labute approximate surface area is 95.9 Å². The Hall–Kier alpha value is -1.34. The largest absolute Gasteiger partial charge is 0.462 e. The standard InChI is InChI=1S/C12H15O3P/c1-3-9-15-12(13)10(2)16(14)11-7-5-4-6-8-11/h4-8,16H,2-3,9H2,1H3. The zero-order valence-electron chi connectivity index (χ0n) is 9.23.